The Kier molecular flexibility index (Phi) is 5.04. The molecule has 2 heterocycles. The van der Waals surface area contributed by atoms with E-state index in [4.69, 9.17) is 4.42 Å². The van der Waals surface area contributed by atoms with Crippen LogP contribution in [0.4, 0.5) is 13.2 Å². The third-order valence-corrected chi connectivity index (χ3v) is 5.19. The average molecular weight is 436 g/mol. The Morgan fingerprint density at radius 3 is 2.48 bits per heavy atom. The molecular weight excluding hydrogens is 417 g/mol. The van der Waals surface area contributed by atoms with E-state index in [2.05, 4.69) is 4.74 Å². The van der Waals surface area contributed by atoms with Crippen molar-refractivity contribution in [2.45, 2.75) is 31.9 Å². The number of nitrogens with zero attached hydrogens (tertiary/aromatic N) is 2. The zero-order valence-electron chi connectivity index (χ0n) is 16.5. The first kappa shape index (κ1) is 21.0. The fraction of sp³-hybridized carbons (Fsp3) is 0.333. The molecule has 1 saturated heterocycles. The summed E-state index contributed by atoms with van der Waals surface area (Å²) in [5, 5.41) is 10.1. The molecule has 1 fully saturated rings. The predicted octanol–water partition coefficient (Wildman–Crippen LogP) is 3.14. The van der Waals surface area contributed by atoms with Gasteiger partial charge in [0.25, 0.3) is 0 Å². The molecule has 1 aliphatic heterocycles. The minimum atomic E-state index is -4.78. The van der Waals surface area contributed by atoms with Gasteiger partial charge in [0.15, 0.2) is 5.58 Å². The number of oxazole rings is 1. The minimum Gasteiger partial charge on any atom is -0.408 e. The number of fused-ring (bicyclic) bond motifs is 1. The summed E-state index contributed by atoms with van der Waals surface area (Å²) in [6, 6.07) is 10.2. The van der Waals surface area contributed by atoms with Gasteiger partial charge in [0.05, 0.1) is 11.1 Å². The third-order valence-electron chi connectivity index (χ3n) is 5.19. The smallest absolute Gasteiger partial charge is 0.408 e. The molecule has 1 aliphatic rings. The van der Waals surface area contributed by atoms with Crippen LogP contribution in [0.1, 0.15) is 13.3 Å². The highest BCUT2D eigenvalue weighted by Crippen LogP contribution is 2.28. The number of alkyl halides is 3. The van der Waals surface area contributed by atoms with Crippen molar-refractivity contribution in [2.75, 3.05) is 13.1 Å². The largest absolute Gasteiger partial charge is 0.573 e. The second kappa shape index (κ2) is 7.45. The number of amides is 1. The van der Waals surface area contributed by atoms with E-state index in [1.54, 1.807) is 25.1 Å². The number of hydrogen-bond acceptors (Lipinski definition) is 5. The van der Waals surface area contributed by atoms with Crippen LogP contribution in [0.5, 0.6) is 5.75 Å². The van der Waals surface area contributed by atoms with E-state index in [-0.39, 0.29) is 30.3 Å². The number of hydrogen-bond donors (Lipinski definition) is 1. The minimum absolute atomic E-state index is 0.188. The molecule has 3 aromatic rings. The molecule has 0 spiro atoms. The number of β-amino-alcohol motifs (C(OH)–C–C–N with tert-alkyl or cyclic N) is 1. The first-order chi connectivity index (χ1) is 14.5. The quantitative estimate of drug-likeness (QED) is 0.679. The van der Waals surface area contributed by atoms with Crippen molar-refractivity contribution >= 4 is 17.0 Å². The number of benzene rings is 2. The van der Waals surface area contributed by atoms with E-state index >= 15 is 0 Å². The molecule has 2 aromatic carbocycles. The highest BCUT2D eigenvalue weighted by Gasteiger charge is 2.34. The maximum atomic E-state index is 12.6. The number of rotatable bonds is 4. The molecule has 1 amide bonds. The molecule has 4 rings (SSSR count). The lowest BCUT2D eigenvalue weighted by Gasteiger charge is -2.19. The molecule has 31 heavy (non-hydrogen) atoms. The van der Waals surface area contributed by atoms with E-state index in [1.165, 1.54) is 33.7 Å². The van der Waals surface area contributed by atoms with Gasteiger partial charge in [-0.2, -0.15) is 0 Å². The summed E-state index contributed by atoms with van der Waals surface area (Å²) in [4.78, 5) is 26.4. The SMILES string of the molecule is C[C@@]1(O)CCN(C(=O)Cn2c(=O)oc3ccc(-c4ccc(OC(F)(F)F)cc4)cc32)C1. The number of halogens is 3. The molecule has 0 saturated carbocycles. The summed E-state index contributed by atoms with van der Waals surface area (Å²) < 4.78 is 47.3. The van der Waals surface area contributed by atoms with Gasteiger partial charge in [0, 0.05) is 13.1 Å². The second-order valence-electron chi connectivity index (χ2n) is 7.77. The molecule has 1 atom stereocenters. The standard InChI is InChI=1S/C21H19F3N2O5/c1-20(29)8-9-25(12-20)18(27)11-26-16-10-14(4-7-17(16)30-19(26)28)13-2-5-15(6-3-13)31-21(22,23)24/h2-7,10,29H,8-9,11-12H2,1H3/t20-/m1/s1. The monoisotopic (exact) mass is 436 g/mol. The Labute approximate surface area is 174 Å². The van der Waals surface area contributed by atoms with Gasteiger partial charge in [-0.25, -0.2) is 4.79 Å². The lowest BCUT2D eigenvalue weighted by Crippen LogP contribution is -2.37. The second-order valence-corrected chi connectivity index (χ2v) is 7.77. The van der Waals surface area contributed by atoms with Crippen LogP contribution in [0.2, 0.25) is 0 Å². The summed E-state index contributed by atoms with van der Waals surface area (Å²) in [6.45, 7) is 1.99. The van der Waals surface area contributed by atoms with Crippen LogP contribution >= 0.6 is 0 Å². The van der Waals surface area contributed by atoms with Gasteiger partial charge in [0.2, 0.25) is 5.91 Å². The Morgan fingerprint density at radius 2 is 1.87 bits per heavy atom. The Bertz CT molecular complexity index is 1180. The fourth-order valence-electron chi connectivity index (χ4n) is 3.63. The van der Waals surface area contributed by atoms with Crippen molar-refractivity contribution in [2.24, 2.45) is 0 Å². The number of likely N-dealkylation sites (tertiary alicyclic amines) is 1. The Hall–Kier alpha value is -3.27. The van der Waals surface area contributed by atoms with E-state index < -0.39 is 17.7 Å². The molecule has 10 heteroatoms. The predicted molar refractivity (Wildman–Crippen MR) is 104 cm³/mol. The molecule has 0 radical (unpaired) electrons. The van der Waals surface area contributed by atoms with Crippen LogP contribution in [0.3, 0.4) is 0 Å². The number of carbonyl (C=O) groups excluding carboxylic acids is 1. The van der Waals surface area contributed by atoms with Crippen LogP contribution in [-0.4, -0.2) is 45.5 Å². The van der Waals surface area contributed by atoms with Gasteiger partial charge in [-0.1, -0.05) is 18.2 Å². The van der Waals surface area contributed by atoms with Gasteiger partial charge in [-0.15, -0.1) is 13.2 Å². The van der Waals surface area contributed by atoms with Crippen molar-refractivity contribution in [1.82, 2.24) is 9.47 Å². The zero-order chi connectivity index (χ0) is 22.4. The zero-order valence-corrected chi connectivity index (χ0v) is 16.5. The first-order valence-corrected chi connectivity index (χ1v) is 9.50. The van der Waals surface area contributed by atoms with E-state index in [0.29, 0.717) is 29.6 Å². The van der Waals surface area contributed by atoms with Gasteiger partial charge in [-0.3, -0.25) is 9.36 Å². The highest BCUT2D eigenvalue weighted by molar-refractivity contribution is 5.83. The van der Waals surface area contributed by atoms with Crippen molar-refractivity contribution in [3.63, 3.8) is 0 Å². The van der Waals surface area contributed by atoms with Crippen LogP contribution in [0.15, 0.2) is 51.7 Å². The third kappa shape index (κ3) is 4.58. The molecule has 1 aromatic heterocycles. The van der Waals surface area contributed by atoms with E-state index in [9.17, 15) is 27.9 Å². The summed E-state index contributed by atoms with van der Waals surface area (Å²) >= 11 is 0. The van der Waals surface area contributed by atoms with Crippen LogP contribution < -0.4 is 10.5 Å². The van der Waals surface area contributed by atoms with Crippen LogP contribution in [-0.2, 0) is 11.3 Å². The number of carbonyl (C=O) groups is 1. The van der Waals surface area contributed by atoms with Gasteiger partial charge in [-0.05, 0) is 48.7 Å². The van der Waals surface area contributed by atoms with Crippen LogP contribution in [0.25, 0.3) is 22.2 Å². The molecular formula is C21H19F3N2O5. The lowest BCUT2D eigenvalue weighted by molar-refractivity contribution is -0.274. The summed E-state index contributed by atoms with van der Waals surface area (Å²) in [5.74, 6) is -1.35. The van der Waals surface area contributed by atoms with Gasteiger partial charge in [0.1, 0.15) is 12.3 Å². The molecule has 0 unspecified atom stereocenters. The molecule has 7 nitrogen and oxygen atoms in total. The molecule has 0 aliphatic carbocycles. The first-order valence-electron chi connectivity index (χ1n) is 9.50. The summed E-state index contributed by atoms with van der Waals surface area (Å²) in [7, 11) is 0. The fourth-order valence-corrected chi connectivity index (χ4v) is 3.63. The summed E-state index contributed by atoms with van der Waals surface area (Å²) in [6.07, 6.45) is -4.32. The van der Waals surface area contributed by atoms with E-state index in [1.807, 2.05) is 0 Å². The highest BCUT2D eigenvalue weighted by atomic mass is 19.4. The maximum Gasteiger partial charge on any atom is 0.573 e. The van der Waals surface area contributed by atoms with Crippen molar-refractivity contribution in [3.05, 3.63) is 53.0 Å². The summed E-state index contributed by atoms with van der Waals surface area (Å²) in [5.41, 5.74) is 0.939. The molecule has 164 valence electrons. The maximum absolute atomic E-state index is 12.6. The number of ether oxygens (including phenoxy) is 1. The number of aliphatic hydroxyl groups is 1. The Balaban J connectivity index is 1.60. The van der Waals surface area contributed by atoms with Gasteiger partial charge >= 0.3 is 12.1 Å². The lowest BCUT2D eigenvalue weighted by atomic mass is 10.1. The normalized spacial score (nSPS) is 19.2. The Morgan fingerprint density at radius 1 is 1.19 bits per heavy atom. The van der Waals surface area contributed by atoms with E-state index in [0.717, 1.165) is 0 Å². The van der Waals surface area contributed by atoms with Crippen molar-refractivity contribution in [3.8, 4) is 16.9 Å². The van der Waals surface area contributed by atoms with Crippen molar-refractivity contribution in [1.29, 1.82) is 0 Å². The topological polar surface area (TPSA) is 84.9 Å². The van der Waals surface area contributed by atoms with Crippen molar-refractivity contribution < 1.29 is 32.2 Å². The van der Waals surface area contributed by atoms with Gasteiger partial charge < -0.3 is 19.2 Å². The molecule has 0 bridgehead atoms. The number of aromatic nitrogens is 1. The average Bonchev–Trinajstić information content (AvgIpc) is 3.20. The van der Waals surface area contributed by atoms with Crippen LogP contribution in [0, 0.1) is 0 Å². The molecule has 1 N–H and O–H groups in total.